The van der Waals surface area contributed by atoms with Crippen molar-refractivity contribution in [3.05, 3.63) is 65.7 Å². The van der Waals surface area contributed by atoms with Gasteiger partial charge in [0.25, 0.3) is 5.91 Å². The summed E-state index contributed by atoms with van der Waals surface area (Å²) in [6.07, 6.45) is 6.77. The first-order chi connectivity index (χ1) is 13.6. The zero-order valence-corrected chi connectivity index (χ0v) is 15.9. The molecule has 4 rings (SSSR count). The van der Waals surface area contributed by atoms with Crippen molar-refractivity contribution in [3.8, 4) is 5.69 Å². The number of anilines is 1. The van der Waals surface area contributed by atoms with Crippen LogP contribution >= 0.6 is 0 Å². The fourth-order valence-electron chi connectivity index (χ4n) is 3.24. The zero-order valence-electron chi connectivity index (χ0n) is 15.9. The van der Waals surface area contributed by atoms with Gasteiger partial charge in [-0.1, -0.05) is 11.6 Å². The van der Waals surface area contributed by atoms with Gasteiger partial charge in [0, 0.05) is 19.3 Å². The summed E-state index contributed by atoms with van der Waals surface area (Å²) in [6.45, 7) is 6.00. The number of nitrogens with zero attached hydrogens (tertiary/aromatic N) is 6. The van der Waals surface area contributed by atoms with Crippen LogP contribution in [0.25, 0.3) is 5.69 Å². The molecular weight excluding hydrogens is 356 g/mol. The predicted molar refractivity (Wildman–Crippen MR) is 104 cm³/mol. The Morgan fingerprint density at radius 2 is 1.82 bits per heavy atom. The van der Waals surface area contributed by atoms with Gasteiger partial charge in [0.2, 0.25) is 0 Å². The molecule has 1 aromatic carbocycles. The number of carbonyl (C=O) groups is 1. The first-order valence-electron chi connectivity index (χ1n) is 9.20. The monoisotopic (exact) mass is 378 g/mol. The molecule has 144 valence electrons. The molecule has 0 atom stereocenters. The molecule has 1 fully saturated rings. The summed E-state index contributed by atoms with van der Waals surface area (Å²) >= 11 is 0. The first-order valence-corrected chi connectivity index (χ1v) is 9.20. The van der Waals surface area contributed by atoms with Gasteiger partial charge in [0.05, 0.1) is 48.7 Å². The van der Waals surface area contributed by atoms with Gasteiger partial charge in [-0.3, -0.25) is 19.7 Å². The van der Waals surface area contributed by atoms with Crippen LogP contribution in [-0.2, 0) is 4.84 Å². The molecule has 0 N–H and O–H groups in total. The van der Waals surface area contributed by atoms with Crippen LogP contribution in [0.5, 0.6) is 0 Å². The van der Waals surface area contributed by atoms with Crippen LogP contribution in [0.2, 0.25) is 0 Å². The maximum Gasteiger partial charge on any atom is 0.256 e. The third-order valence-corrected chi connectivity index (χ3v) is 4.63. The van der Waals surface area contributed by atoms with E-state index in [0.717, 1.165) is 16.8 Å². The summed E-state index contributed by atoms with van der Waals surface area (Å²) in [5, 5.41) is 10.2. The standard InChI is InChI=1S/C20H22N6O2/c1-15-3-4-19(26-22-5-6-23-26)18(12-15)20(27)24-7-8-25(28-10-9-24)17-11-16(2)13-21-14-17/h3-6,11-14H,7-10H2,1-2H3. The maximum absolute atomic E-state index is 13.3. The summed E-state index contributed by atoms with van der Waals surface area (Å²) in [5.74, 6) is -0.0520. The lowest BCUT2D eigenvalue weighted by Crippen LogP contribution is -2.36. The minimum atomic E-state index is -0.0520. The molecule has 3 aromatic rings. The molecule has 2 aromatic heterocycles. The van der Waals surface area contributed by atoms with Crippen LogP contribution in [0, 0.1) is 13.8 Å². The fourth-order valence-corrected chi connectivity index (χ4v) is 3.24. The molecular formula is C20H22N6O2. The van der Waals surface area contributed by atoms with E-state index in [0.29, 0.717) is 37.5 Å². The smallest absolute Gasteiger partial charge is 0.256 e. The molecule has 0 aliphatic carbocycles. The third kappa shape index (κ3) is 3.72. The second-order valence-corrected chi connectivity index (χ2v) is 6.79. The molecule has 28 heavy (non-hydrogen) atoms. The summed E-state index contributed by atoms with van der Waals surface area (Å²) in [7, 11) is 0. The van der Waals surface area contributed by atoms with Crippen LogP contribution in [0.15, 0.2) is 49.1 Å². The third-order valence-electron chi connectivity index (χ3n) is 4.63. The summed E-state index contributed by atoms with van der Waals surface area (Å²) < 4.78 is 0. The Morgan fingerprint density at radius 3 is 2.61 bits per heavy atom. The van der Waals surface area contributed by atoms with Crippen LogP contribution in [-0.4, -0.2) is 57.0 Å². The lowest BCUT2D eigenvalue weighted by Gasteiger charge is -2.22. The first kappa shape index (κ1) is 18.1. The molecule has 0 saturated carbocycles. The van der Waals surface area contributed by atoms with E-state index in [-0.39, 0.29) is 5.91 Å². The number of hydroxylamine groups is 1. The maximum atomic E-state index is 13.3. The van der Waals surface area contributed by atoms with Gasteiger partial charge in [-0.2, -0.15) is 15.0 Å². The Morgan fingerprint density at radius 1 is 1.00 bits per heavy atom. The number of benzene rings is 1. The van der Waals surface area contributed by atoms with E-state index < -0.39 is 0 Å². The Hall–Kier alpha value is -3.26. The van der Waals surface area contributed by atoms with Gasteiger partial charge in [-0.15, -0.1) is 0 Å². The number of aryl methyl sites for hydroxylation is 2. The van der Waals surface area contributed by atoms with E-state index in [1.807, 2.05) is 43.0 Å². The highest BCUT2D eigenvalue weighted by atomic mass is 16.7. The molecule has 0 bridgehead atoms. The van der Waals surface area contributed by atoms with Gasteiger partial charge >= 0.3 is 0 Å². The number of carbonyl (C=O) groups excluding carboxylic acids is 1. The van der Waals surface area contributed by atoms with Gasteiger partial charge in [-0.05, 0) is 37.6 Å². The average molecular weight is 378 g/mol. The van der Waals surface area contributed by atoms with Crippen molar-refractivity contribution in [2.75, 3.05) is 31.3 Å². The molecule has 0 spiro atoms. The second-order valence-electron chi connectivity index (χ2n) is 6.79. The van der Waals surface area contributed by atoms with Crippen molar-refractivity contribution < 1.29 is 9.63 Å². The van der Waals surface area contributed by atoms with Crippen molar-refractivity contribution in [1.29, 1.82) is 0 Å². The van der Waals surface area contributed by atoms with Crippen LogP contribution < -0.4 is 5.06 Å². The van der Waals surface area contributed by atoms with E-state index in [1.165, 1.54) is 4.80 Å². The lowest BCUT2D eigenvalue weighted by atomic mass is 10.1. The topological polar surface area (TPSA) is 76.4 Å². The zero-order chi connectivity index (χ0) is 19.5. The van der Waals surface area contributed by atoms with Crippen molar-refractivity contribution >= 4 is 11.6 Å². The fraction of sp³-hybridized carbons (Fsp3) is 0.300. The Balaban J connectivity index is 1.55. The lowest BCUT2D eigenvalue weighted by molar-refractivity contribution is 0.0730. The minimum Gasteiger partial charge on any atom is -0.334 e. The molecule has 1 saturated heterocycles. The summed E-state index contributed by atoms with van der Waals surface area (Å²) in [4.78, 5) is 26.7. The number of pyridine rings is 1. The molecule has 3 heterocycles. The van der Waals surface area contributed by atoms with E-state index in [4.69, 9.17) is 4.84 Å². The number of aromatic nitrogens is 4. The van der Waals surface area contributed by atoms with Crippen LogP contribution in [0.4, 0.5) is 5.69 Å². The number of hydrogen-bond donors (Lipinski definition) is 0. The average Bonchev–Trinajstić information content (AvgIpc) is 3.11. The van der Waals surface area contributed by atoms with E-state index in [9.17, 15) is 4.79 Å². The highest BCUT2D eigenvalue weighted by Gasteiger charge is 2.24. The van der Waals surface area contributed by atoms with Gasteiger partial charge in [0.15, 0.2) is 0 Å². The largest absolute Gasteiger partial charge is 0.334 e. The predicted octanol–water partition coefficient (Wildman–Crippen LogP) is 2.17. The van der Waals surface area contributed by atoms with Crippen molar-refractivity contribution in [3.63, 3.8) is 0 Å². The Labute approximate surface area is 163 Å². The van der Waals surface area contributed by atoms with Crippen molar-refractivity contribution in [2.45, 2.75) is 13.8 Å². The summed E-state index contributed by atoms with van der Waals surface area (Å²) in [5.41, 5.74) is 4.23. The Kier molecular flexibility index (Phi) is 5.03. The Bertz CT molecular complexity index is 973. The minimum absolute atomic E-state index is 0.0520. The highest BCUT2D eigenvalue weighted by molar-refractivity contribution is 5.98. The molecule has 8 nitrogen and oxygen atoms in total. The van der Waals surface area contributed by atoms with E-state index in [1.54, 1.807) is 29.9 Å². The number of hydrogen-bond acceptors (Lipinski definition) is 6. The van der Waals surface area contributed by atoms with Crippen LogP contribution in [0.1, 0.15) is 21.5 Å². The quantitative estimate of drug-likeness (QED) is 0.695. The van der Waals surface area contributed by atoms with Crippen molar-refractivity contribution in [1.82, 2.24) is 24.9 Å². The molecule has 0 radical (unpaired) electrons. The highest BCUT2D eigenvalue weighted by Crippen LogP contribution is 2.20. The molecule has 0 unspecified atom stereocenters. The normalized spacial score (nSPS) is 14.8. The SMILES string of the molecule is Cc1cncc(N2CCN(C(=O)c3cc(C)ccc3-n3nccn3)CCO2)c1. The van der Waals surface area contributed by atoms with Gasteiger partial charge in [0.1, 0.15) is 0 Å². The molecule has 1 aliphatic rings. The molecule has 1 amide bonds. The number of rotatable bonds is 3. The number of amides is 1. The summed E-state index contributed by atoms with van der Waals surface area (Å²) in [6, 6.07) is 7.73. The van der Waals surface area contributed by atoms with Crippen molar-refractivity contribution in [2.24, 2.45) is 0 Å². The van der Waals surface area contributed by atoms with Crippen LogP contribution in [0.3, 0.4) is 0 Å². The molecule has 1 aliphatic heterocycles. The van der Waals surface area contributed by atoms with E-state index in [2.05, 4.69) is 15.2 Å². The van der Waals surface area contributed by atoms with E-state index >= 15 is 0 Å². The van der Waals surface area contributed by atoms with Gasteiger partial charge < -0.3 is 4.90 Å². The van der Waals surface area contributed by atoms with Gasteiger partial charge in [-0.25, -0.2) is 0 Å². The second kappa shape index (κ2) is 7.77. The molecule has 8 heteroatoms.